The Hall–Kier alpha value is -4.27. The Balaban J connectivity index is 1.60. The van der Waals surface area contributed by atoms with E-state index in [1.165, 1.54) is 13.0 Å². The lowest BCUT2D eigenvalue weighted by Gasteiger charge is -2.23. The minimum absolute atomic E-state index is 0.0204. The first-order valence-corrected chi connectivity index (χ1v) is 13.8. The van der Waals surface area contributed by atoms with E-state index in [-0.39, 0.29) is 43.4 Å². The molecule has 3 aromatic rings. The maximum Gasteiger partial charge on any atom is 0.243 e. The molecule has 0 spiro atoms. The minimum Gasteiger partial charge on any atom is -0.352 e. The van der Waals surface area contributed by atoms with E-state index in [1.54, 1.807) is 30.3 Å². The summed E-state index contributed by atoms with van der Waals surface area (Å²) in [6.45, 7) is 7.25. The first-order valence-electron chi connectivity index (χ1n) is 13.8. The molecule has 0 bridgehead atoms. The van der Waals surface area contributed by atoms with Crippen molar-refractivity contribution in [3.8, 4) is 0 Å². The molecule has 41 heavy (non-hydrogen) atoms. The predicted octanol–water partition coefficient (Wildman–Crippen LogP) is 3.91. The molecule has 0 aliphatic heterocycles. The van der Waals surface area contributed by atoms with Crippen LogP contribution in [-0.4, -0.2) is 41.3 Å². The van der Waals surface area contributed by atoms with E-state index in [9.17, 15) is 23.6 Å². The van der Waals surface area contributed by atoms with Crippen molar-refractivity contribution < 1.29 is 23.6 Å². The highest BCUT2D eigenvalue weighted by atomic mass is 19.1. The number of amides is 4. The number of halogens is 1. The molecule has 4 amide bonds. The van der Waals surface area contributed by atoms with Gasteiger partial charge in [-0.05, 0) is 63.1 Å². The zero-order chi connectivity index (χ0) is 30.0. The van der Waals surface area contributed by atoms with Crippen LogP contribution in [0.2, 0.25) is 0 Å². The van der Waals surface area contributed by atoms with Gasteiger partial charge in [-0.2, -0.15) is 0 Å². The number of hydrogen-bond donors (Lipinski definition) is 4. The molecular formula is C32H39FN4O4. The lowest BCUT2D eigenvalue weighted by molar-refractivity contribution is -0.132. The lowest BCUT2D eigenvalue weighted by atomic mass is 10.0. The second-order valence-electron chi connectivity index (χ2n) is 11.1. The summed E-state index contributed by atoms with van der Waals surface area (Å²) in [5, 5.41) is 12.2. The number of fused-ring (bicyclic) bond motifs is 1. The van der Waals surface area contributed by atoms with Gasteiger partial charge in [0.05, 0.1) is 0 Å². The third-order valence-corrected chi connectivity index (χ3v) is 6.48. The Morgan fingerprint density at radius 2 is 1.44 bits per heavy atom. The highest BCUT2D eigenvalue weighted by Crippen LogP contribution is 2.21. The van der Waals surface area contributed by atoms with Crippen LogP contribution in [0, 0.1) is 5.82 Å². The minimum atomic E-state index is -1.000. The summed E-state index contributed by atoms with van der Waals surface area (Å²) in [6.07, 6.45) is 0.763. The van der Waals surface area contributed by atoms with Crippen molar-refractivity contribution in [2.75, 3.05) is 0 Å². The predicted molar refractivity (Wildman–Crippen MR) is 157 cm³/mol. The normalized spacial score (nSPS) is 12.7. The van der Waals surface area contributed by atoms with Crippen molar-refractivity contribution in [2.45, 2.75) is 77.5 Å². The average Bonchev–Trinajstić information content (AvgIpc) is 2.93. The molecule has 0 unspecified atom stereocenters. The Kier molecular flexibility index (Phi) is 11.0. The SMILES string of the molecule is C[C@H](NC(=O)[C@H](CCC(=O)NC(C)(C)C)NC(=O)CCc1ccccc1)C(=O)NCc1ccc(F)c2ccccc12. The molecule has 0 aliphatic rings. The standard InChI is InChI=1S/C32H39FN4O4/c1-21(30(40)34-20-23-15-16-26(33)25-13-9-8-12-24(23)25)35-31(41)27(17-19-29(39)37-32(2,3)4)36-28(38)18-14-22-10-6-5-7-11-22/h5-13,15-16,21,27H,14,17-20H2,1-4H3,(H,34,40)(H,35,41)(H,36,38)(H,37,39)/t21-,27-/m0/s1. The summed E-state index contributed by atoms with van der Waals surface area (Å²) in [7, 11) is 0. The largest absolute Gasteiger partial charge is 0.352 e. The Labute approximate surface area is 240 Å². The van der Waals surface area contributed by atoms with Gasteiger partial charge in [-0.25, -0.2) is 4.39 Å². The molecule has 0 fully saturated rings. The maximum absolute atomic E-state index is 14.1. The third-order valence-electron chi connectivity index (χ3n) is 6.48. The lowest BCUT2D eigenvalue weighted by Crippen LogP contribution is -2.53. The maximum atomic E-state index is 14.1. The Morgan fingerprint density at radius 3 is 2.12 bits per heavy atom. The number of nitrogens with one attached hydrogen (secondary N) is 4. The van der Waals surface area contributed by atoms with E-state index in [0.29, 0.717) is 17.2 Å². The summed E-state index contributed by atoms with van der Waals surface area (Å²) >= 11 is 0. The fraction of sp³-hybridized carbons (Fsp3) is 0.375. The summed E-state index contributed by atoms with van der Waals surface area (Å²) in [5.74, 6) is -1.91. The molecule has 0 aromatic heterocycles. The van der Waals surface area contributed by atoms with Crippen LogP contribution < -0.4 is 21.3 Å². The van der Waals surface area contributed by atoms with Crippen LogP contribution in [0.15, 0.2) is 66.7 Å². The molecule has 0 aliphatic carbocycles. The van der Waals surface area contributed by atoms with Gasteiger partial charge >= 0.3 is 0 Å². The summed E-state index contributed by atoms with van der Waals surface area (Å²) in [5.41, 5.74) is 1.30. The highest BCUT2D eigenvalue weighted by molar-refractivity contribution is 5.92. The molecule has 0 saturated carbocycles. The molecule has 3 aromatic carbocycles. The average molecular weight is 563 g/mol. The van der Waals surface area contributed by atoms with Crippen LogP contribution in [0.5, 0.6) is 0 Å². The molecular weight excluding hydrogens is 523 g/mol. The van der Waals surface area contributed by atoms with Gasteiger partial charge in [-0.1, -0.05) is 60.7 Å². The second-order valence-corrected chi connectivity index (χ2v) is 11.1. The van der Waals surface area contributed by atoms with Crippen molar-refractivity contribution in [3.05, 3.63) is 83.7 Å². The summed E-state index contributed by atoms with van der Waals surface area (Å²) < 4.78 is 14.1. The van der Waals surface area contributed by atoms with Crippen molar-refractivity contribution in [2.24, 2.45) is 0 Å². The van der Waals surface area contributed by atoms with Gasteiger partial charge in [0.15, 0.2) is 0 Å². The molecule has 2 atom stereocenters. The summed E-state index contributed by atoms with van der Waals surface area (Å²) in [6, 6.07) is 17.6. The quantitative estimate of drug-likeness (QED) is 0.268. The smallest absolute Gasteiger partial charge is 0.243 e. The highest BCUT2D eigenvalue weighted by Gasteiger charge is 2.26. The Morgan fingerprint density at radius 1 is 0.780 bits per heavy atom. The fourth-order valence-corrected chi connectivity index (χ4v) is 4.39. The van der Waals surface area contributed by atoms with E-state index in [2.05, 4.69) is 21.3 Å². The molecule has 4 N–H and O–H groups in total. The van der Waals surface area contributed by atoms with Gasteiger partial charge in [0.2, 0.25) is 23.6 Å². The van der Waals surface area contributed by atoms with E-state index in [1.807, 2.05) is 51.1 Å². The number of rotatable bonds is 12. The van der Waals surface area contributed by atoms with E-state index >= 15 is 0 Å². The molecule has 8 nitrogen and oxygen atoms in total. The van der Waals surface area contributed by atoms with Crippen LogP contribution in [0.4, 0.5) is 4.39 Å². The zero-order valence-electron chi connectivity index (χ0n) is 24.1. The van der Waals surface area contributed by atoms with Crippen molar-refractivity contribution in [3.63, 3.8) is 0 Å². The van der Waals surface area contributed by atoms with Crippen LogP contribution >= 0.6 is 0 Å². The first-order chi connectivity index (χ1) is 19.4. The van der Waals surface area contributed by atoms with Gasteiger partial charge in [-0.15, -0.1) is 0 Å². The van der Waals surface area contributed by atoms with Gasteiger partial charge in [0.1, 0.15) is 17.9 Å². The number of carbonyl (C=O) groups excluding carboxylic acids is 4. The van der Waals surface area contributed by atoms with Crippen molar-refractivity contribution in [1.29, 1.82) is 0 Å². The van der Waals surface area contributed by atoms with E-state index in [4.69, 9.17) is 0 Å². The topological polar surface area (TPSA) is 116 Å². The van der Waals surface area contributed by atoms with Gasteiger partial charge < -0.3 is 21.3 Å². The van der Waals surface area contributed by atoms with Crippen molar-refractivity contribution >= 4 is 34.4 Å². The van der Waals surface area contributed by atoms with Gasteiger partial charge in [-0.3, -0.25) is 19.2 Å². The number of hydrogen-bond acceptors (Lipinski definition) is 4. The van der Waals surface area contributed by atoms with E-state index < -0.39 is 29.4 Å². The zero-order valence-corrected chi connectivity index (χ0v) is 24.1. The molecule has 218 valence electrons. The van der Waals surface area contributed by atoms with Crippen LogP contribution in [-0.2, 0) is 32.1 Å². The fourth-order valence-electron chi connectivity index (χ4n) is 4.39. The number of carbonyl (C=O) groups is 4. The number of benzene rings is 3. The van der Waals surface area contributed by atoms with E-state index in [0.717, 1.165) is 11.1 Å². The monoisotopic (exact) mass is 562 g/mol. The van der Waals surface area contributed by atoms with Crippen LogP contribution in [0.1, 0.15) is 58.1 Å². The first kappa shape index (κ1) is 31.3. The molecule has 0 saturated heterocycles. The molecule has 0 radical (unpaired) electrons. The van der Waals surface area contributed by atoms with Gasteiger partial charge in [0, 0.05) is 30.3 Å². The summed E-state index contributed by atoms with van der Waals surface area (Å²) in [4.78, 5) is 51.1. The van der Waals surface area contributed by atoms with Crippen LogP contribution in [0.3, 0.4) is 0 Å². The number of aryl methyl sites for hydroxylation is 1. The molecule has 0 heterocycles. The van der Waals surface area contributed by atoms with Crippen LogP contribution in [0.25, 0.3) is 10.8 Å². The van der Waals surface area contributed by atoms with Crippen molar-refractivity contribution in [1.82, 2.24) is 21.3 Å². The van der Waals surface area contributed by atoms with Gasteiger partial charge in [0.25, 0.3) is 0 Å². The third kappa shape index (κ3) is 10.0. The molecule has 9 heteroatoms. The second kappa shape index (κ2) is 14.4. The molecule has 3 rings (SSSR count). The Bertz CT molecular complexity index is 1370.